The second kappa shape index (κ2) is 12.8. The standard InChI is InChI=1S/C32H34N2O7S/c1-5-6-7-8-15-40-30-26(38-3)17-20(18-27(30)39-4)16-24-29(21-9-14-28-25(19-21)33-34-42-28)31(35)41-32(24,36)22-10-12-23(37-2)13-11-22/h9-14,17-19,36H,5-8,15-16H2,1-4H3. The van der Waals surface area contributed by atoms with Crippen molar-refractivity contribution in [3.05, 3.63) is 76.9 Å². The van der Waals surface area contributed by atoms with E-state index < -0.39 is 11.8 Å². The summed E-state index contributed by atoms with van der Waals surface area (Å²) < 4.78 is 33.4. The maximum Gasteiger partial charge on any atom is 0.342 e. The first-order chi connectivity index (χ1) is 20.4. The molecule has 1 unspecified atom stereocenters. The summed E-state index contributed by atoms with van der Waals surface area (Å²) in [6.45, 7) is 2.70. The number of fused-ring (bicyclic) bond motifs is 1. The number of ether oxygens (including phenoxy) is 5. The van der Waals surface area contributed by atoms with Gasteiger partial charge in [-0.2, -0.15) is 0 Å². The summed E-state index contributed by atoms with van der Waals surface area (Å²) in [6.07, 6.45) is 4.45. The lowest BCUT2D eigenvalue weighted by molar-refractivity contribution is -0.185. The van der Waals surface area contributed by atoms with Gasteiger partial charge in [-0.05, 0) is 77.6 Å². The van der Waals surface area contributed by atoms with Gasteiger partial charge in [0.15, 0.2) is 11.5 Å². The molecule has 0 fully saturated rings. The van der Waals surface area contributed by atoms with Gasteiger partial charge in [-0.1, -0.05) is 36.7 Å². The SMILES string of the molecule is CCCCCCOc1c(OC)cc(CC2=C(c3ccc4snnc4c3)C(=O)OC2(O)c2ccc(OC)cc2)cc1OC. The number of cyclic esters (lactones) is 1. The highest BCUT2D eigenvalue weighted by Gasteiger charge is 2.48. The van der Waals surface area contributed by atoms with Crippen molar-refractivity contribution < 1.29 is 33.6 Å². The molecule has 1 aliphatic heterocycles. The summed E-state index contributed by atoms with van der Waals surface area (Å²) in [5, 5.41) is 16.2. The van der Waals surface area contributed by atoms with E-state index in [2.05, 4.69) is 16.5 Å². The number of benzene rings is 3. The molecule has 0 saturated carbocycles. The lowest BCUT2D eigenvalue weighted by Crippen LogP contribution is -2.29. The molecule has 0 bridgehead atoms. The number of carbonyl (C=O) groups is 1. The Balaban J connectivity index is 1.59. The molecule has 3 aromatic carbocycles. The molecule has 1 aromatic heterocycles. The normalized spacial score (nSPS) is 16.5. The molecular formula is C32H34N2O7S. The number of hydrogen-bond donors (Lipinski definition) is 1. The first-order valence-electron chi connectivity index (χ1n) is 13.9. The molecule has 0 saturated heterocycles. The predicted molar refractivity (Wildman–Crippen MR) is 160 cm³/mol. The molecular weight excluding hydrogens is 556 g/mol. The van der Waals surface area contributed by atoms with Gasteiger partial charge in [0.05, 0.1) is 38.2 Å². The van der Waals surface area contributed by atoms with Gasteiger partial charge >= 0.3 is 5.97 Å². The molecule has 0 radical (unpaired) electrons. The Kier molecular flexibility index (Phi) is 8.94. The van der Waals surface area contributed by atoms with Gasteiger partial charge in [0.1, 0.15) is 11.3 Å². The summed E-state index contributed by atoms with van der Waals surface area (Å²) >= 11 is 1.27. The van der Waals surface area contributed by atoms with Crippen LogP contribution in [0.2, 0.25) is 0 Å². The van der Waals surface area contributed by atoms with Crippen LogP contribution in [-0.4, -0.2) is 48.6 Å². The Morgan fingerprint density at radius 3 is 2.33 bits per heavy atom. The van der Waals surface area contributed by atoms with Gasteiger partial charge in [0, 0.05) is 17.6 Å². The van der Waals surface area contributed by atoms with Crippen LogP contribution in [0.1, 0.15) is 49.3 Å². The molecule has 5 rings (SSSR count). The summed E-state index contributed by atoms with van der Waals surface area (Å²) in [7, 11) is 4.70. The number of aromatic nitrogens is 2. The maximum atomic E-state index is 13.5. The Hall–Kier alpha value is -4.15. The van der Waals surface area contributed by atoms with Crippen molar-refractivity contribution in [3.63, 3.8) is 0 Å². The number of unbranched alkanes of at least 4 members (excludes halogenated alkanes) is 3. The van der Waals surface area contributed by atoms with E-state index in [4.69, 9.17) is 23.7 Å². The Morgan fingerprint density at radius 2 is 1.67 bits per heavy atom. The molecule has 1 atom stereocenters. The highest BCUT2D eigenvalue weighted by Crippen LogP contribution is 2.47. The van der Waals surface area contributed by atoms with Gasteiger partial charge in [0.2, 0.25) is 5.75 Å². The molecule has 1 N–H and O–H groups in total. The molecule has 0 amide bonds. The highest BCUT2D eigenvalue weighted by molar-refractivity contribution is 7.12. The smallest absolute Gasteiger partial charge is 0.342 e. The zero-order chi connectivity index (χ0) is 29.7. The quantitative estimate of drug-likeness (QED) is 0.146. The summed E-state index contributed by atoms with van der Waals surface area (Å²) in [5.74, 6) is -0.552. The fraction of sp³-hybridized carbons (Fsp3) is 0.344. The number of methoxy groups -OCH3 is 3. The summed E-state index contributed by atoms with van der Waals surface area (Å²) in [6, 6.07) is 15.9. The van der Waals surface area contributed by atoms with Gasteiger partial charge in [-0.15, -0.1) is 5.10 Å². The average Bonchev–Trinajstić information content (AvgIpc) is 3.58. The van der Waals surface area contributed by atoms with Crippen molar-refractivity contribution >= 4 is 33.3 Å². The largest absolute Gasteiger partial charge is 0.497 e. The van der Waals surface area contributed by atoms with E-state index in [9.17, 15) is 9.90 Å². The average molecular weight is 591 g/mol. The second-order valence-electron chi connectivity index (χ2n) is 9.99. The molecule has 0 spiro atoms. The van der Waals surface area contributed by atoms with E-state index in [1.54, 1.807) is 51.7 Å². The van der Waals surface area contributed by atoms with Crippen LogP contribution >= 0.6 is 11.5 Å². The fourth-order valence-corrected chi connectivity index (χ4v) is 5.65. The third kappa shape index (κ3) is 5.77. The number of aliphatic hydroxyl groups is 1. The van der Waals surface area contributed by atoms with Crippen molar-refractivity contribution in [1.29, 1.82) is 0 Å². The van der Waals surface area contributed by atoms with E-state index >= 15 is 0 Å². The van der Waals surface area contributed by atoms with Crippen LogP contribution in [-0.2, 0) is 21.7 Å². The van der Waals surface area contributed by atoms with Crippen molar-refractivity contribution in [2.45, 2.75) is 44.8 Å². The second-order valence-corrected chi connectivity index (χ2v) is 10.8. The molecule has 9 nitrogen and oxygen atoms in total. The zero-order valence-electron chi connectivity index (χ0n) is 24.1. The predicted octanol–water partition coefficient (Wildman–Crippen LogP) is 6.07. The number of carbonyl (C=O) groups excluding carboxylic acids is 1. The Bertz CT molecular complexity index is 1570. The van der Waals surface area contributed by atoms with E-state index in [0.29, 0.717) is 51.8 Å². The highest BCUT2D eigenvalue weighted by atomic mass is 32.1. The number of esters is 1. The van der Waals surface area contributed by atoms with Gasteiger partial charge < -0.3 is 28.8 Å². The minimum atomic E-state index is -2.02. The van der Waals surface area contributed by atoms with Gasteiger partial charge in [-0.25, -0.2) is 4.79 Å². The van der Waals surface area contributed by atoms with Crippen molar-refractivity contribution in [2.75, 3.05) is 27.9 Å². The van der Waals surface area contributed by atoms with Crippen molar-refractivity contribution in [3.8, 4) is 23.0 Å². The van der Waals surface area contributed by atoms with E-state index in [0.717, 1.165) is 35.9 Å². The molecule has 42 heavy (non-hydrogen) atoms. The molecule has 0 aliphatic carbocycles. The molecule has 1 aliphatic rings. The summed E-state index contributed by atoms with van der Waals surface area (Å²) in [4.78, 5) is 13.5. The third-order valence-electron chi connectivity index (χ3n) is 7.32. The molecule has 220 valence electrons. The van der Waals surface area contributed by atoms with Crippen LogP contribution in [0.4, 0.5) is 0 Å². The van der Waals surface area contributed by atoms with E-state index in [1.165, 1.54) is 11.5 Å². The van der Waals surface area contributed by atoms with Crippen LogP contribution in [0, 0.1) is 0 Å². The van der Waals surface area contributed by atoms with Crippen LogP contribution < -0.4 is 18.9 Å². The van der Waals surface area contributed by atoms with Crippen LogP contribution in [0.3, 0.4) is 0 Å². The van der Waals surface area contributed by atoms with E-state index in [-0.39, 0.29) is 12.0 Å². The number of nitrogens with zero attached hydrogens (tertiary/aromatic N) is 2. The third-order valence-corrected chi connectivity index (χ3v) is 8.02. The monoisotopic (exact) mass is 590 g/mol. The van der Waals surface area contributed by atoms with Crippen molar-refractivity contribution in [1.82, 2.24) is 9.59 Å². The zero-order valence-corrected chi connectivity index (χ0v) is 25.0. The minimum Gasteiger partial charge on any atom is -0.497 e. The fourth-order valence-electron chi connectivity index (χ4n) is 5.11. The topological polar surface area (TPSA) is 109 Å². The first kappa shape index (κ1) is 29.3. The summed E-state index contributed by atoms with van der Waals surface area (Å²) in [5.41, 5.74) is 2.99. The number of rotatable bonds is 13. The maximum absolute atomic E-state index is 13.5. The van der Waals surface area contributed by atoms with Crippen LogP contribution in [0.15, 0.2) is 60.2 Å². The lowest BCUT2D eigenvalue weighted by Gasteiger charge is -2.26. The van der Waals surface area contributed by atoms with Crippen LogP contribution in [0.25, 0.3) is 15.8 Å². The first-order valence-corrected chi connectivity index (χ1v) is 14.6. The molecule has 4 aromatic rings. The molecule has 2 heterocycles. The number of hydrogen-bond acceptors (Lipinski definition) is 10. The van der Waals surface area contributed by atoms with Gasteiger partial charge in [-0.3, -0.25) is 0 Å². The van der Waals surface area contributed by atoms with E-state index in [1.807, 2.05) is 24.3 Å². The lowest BCUT2D eigenvalue weighted by atomic mass is 9.88. The van der Waals surface area contributed by atoms with Gasteiger partial charge in [0.25, 0.3) is 5.79 Å². The van der Waals surface area contributed by atoms with Crippen LogP contribution in [0.5, 0.6) is 23.0 Å². The molecule has 10 heteroatoms. The Labute approximate surface area is 248 Å². The Morgan fingerprint density at radius 1 is 0.929 bits per heavy atom. The van der Waals surface area contributed by atoms with Crippen molar-refractivity contribution in [2.24, 2.45) is 0 Å². The minimum absolute atomic E-state index is 0.153.